The fourth-order valence-electron chi connectivity index (χ4n) is 5.31. The number of carbonyl (C=O) groups is 2. The van der Waals surface area contributed by atoms with Crippen LogP contribution in [0.4, 0.5) is 39.8 Å². The molecule has 0 atom stereocenters. The number of nitrogens with one attached hydrogen (secondary N) is 2. The van der Waals surface area contributed by atoms with Crippen LogP contribution < -0.4 is 21.3 Å². The highest BCUT2D eigenvalue weighted by atomic mass is 19.4. The maximum Gasteiger partial charge on any atom is 0.416 e. The molecule has 4 aromatic carbocycles. The number of rotatable bonds is 9. The Bertz CT molecular complexity index is 1910. The van der Waals surface area contributed by atoms with Crippen LogP contribution in [0, 0.1) is 0 Å². The first kappa shape index (κ1) is 32.2. The summed E-state index contributed by atoms with van der Waals surface area (Å²) in [5.74, 6) is 0.692. The highest BCUT2D eigenvalue weighted by Gasteiger charge is 2.33. The molecule has 9 nitrogen and oxygen atoms in total. The number of aromatic nitrogens is 1. The zero-order chi connectivity index (χ0) is 33.7. The van der Waals surface area contributed by atoms with Gasteiger partial charge in [-0.2, -0.15) is 13.2 Å². The third kappa shape index (κ3) is 7.60. The Kier molecular flexibility index (Phi) is 9.33. The summed E-state index contributed by atoms with van der Waals surface area (Å²) in [7, 11) is 0. The second-order valence-electron chi connectivity index (χ2n) is 11.4. The van der Waals surface area contributed by atoms with E-state index >= 15 is 0 Å². The monoisotopic (exact) mass is 655 g/mol. The van der Waals surface area contributed by atoms with Gasteiger partial charge in [-0.3, -0.25) is 4.90 Å². The highest BCUT2D eigenvalue weighted by Crippen LogP contribution is 2.38. The van der Waals surface area contributed by atoms with Gasteiger partial charge in [0.15, 0.2) is 5.76 Å². The first-order valence-corrected chi connectivity index (χ1v) is 15.3. The molecule has 0 unspecified atom stereocenters. The van der Waals surface area contributed by atoms with Gasteiger partial charge in [0.2, 0.25) is 5.89 Å². The number of anilines is 3. The number of carbonyl (C=O) groups excluding carboxylic acids is 2. The van der Waals surface area contributed by atoms with Crippen LogP contribution in [-0.2, 0) is 24.1 Å². The number of ether oxygens (including phenoxy) is 1. The van der Waals surface area contributed by atoms with Gasteiger partial charge >= 0.3 is 18.3 Å². The van der Waals surface area contributed by atoms with Gasteiger partial charge in [-0.1, -0.05) is 60.7 Å². The second kappa shape index (κ2) is 13.9. The molecule has 246 valence electrons. The number of urea groups is 1. The molecule has 6 rings (SSSR count). The van der Waals surface area contributed by atoms with Crippen LogP contribution in [0.2, 0.25) is 0 Å². The molecule has 0 radical (unpaired) electrons. The molecule has 48 heavy (non-hydrogen) atoms. The van der Waals surface area contributed by atoms with E-state index < -0.39 is 23.9 Å². The van der Waals surface area contributed by atoms with E-state index in [9.17, 15) is 22.8 Å². The third-order valence-corrected chi connectivity index (χ3v) is 8.02. The zero-order valence-electron chi connectivity index (χ0n) is 25.7. The summed E-state index contributed by atoms with van der Waals surface area (Å²) in [4.78, 5) is 31.7. The van der Waals surface area contributed by atoms with Crippen molar-refractivity contribution in [1.29, 1.82) is 0 Å². The molecule has 12 heteroatoms. The number of alkyl carbamates (subject to hydrolysis) is 1. The van der Waals surface area contributed by atoms with E-state index in [0.29, 0.717) is 39.5 Å². The van der Waals surface area contributed by atoms with Gasteiger partial charge in [-0.25, -0.2) is 14.6 Å². The Labute approximate surface area is 274 Å². The van der Waals surface area contributed by atoms with Gasteiger partial charge in [0.25, 0.3) is 0 Å². The molecule has 1 aliphatic carbocycles. The zero-order valence-corrected chi connectivity index (χ0v) is 25.7. The number of nitrogens with zero attached hydrogens (tertiary/aromatic N) is 2. The van der Waals surface area contributed by atoms with E-state index in [1.807, 2.05) is 30.3 Å². The molecule has 1 heterocycles. The molecule has 0 saturated heterocycles. The lowest BCUT2D eigenvalue weighted by atomic mass is 9.90. The number of hydrogen-bond acceptors (Lipinski definition) is 6. The number of hydrogen-bond donors (Lipinski definition) is 3. The van der Waals surface area contributed by atoms with Gasteiger partial charge in [0, 0.05) is 17.3 Å². The summed E-state index contributed by atoms with van der Waals surface area (Å²) in [5.41, 5.74) is 9.18. The third-order valence-electron chi connectivity index (χ3n) is 8.02. The summed E-state index contributed by atoms with van der Waals surface area (Å²) in [5, 5.41) is 5.55. The van der Waals surface area contributed by atoms with Crippen molar-refractivity contribution in [2.45, 2.75) is 44.6 Å². The lowest BCUT2D eigenvalue weighted by Crippen LogP contribution is -2.47. The molecule has 5 aromatic rings. The Morgan fingerprint density at radius 2 is 1.67 bits per heavy atom. The van der Waals surface area contributed by atoms with Gasteiger partial charge in [0.05, 0.1) is 29.7 Å². The topological polar surface area (TPSA) is 123 Å². The Hall–Kier alpha value is -5.78. The molecule has 1 aromatic heterocycles. The van der Waals surface area contributed by atoms with E-state index in [1.54, 1.807) is 53.4 Å². The lowest BCUT2D eigenvalue weighted by molar-refractivity contribution is -0.137. The number of oxazole rings is 1. The maximum absolute atomic E-state index is 13.8. The normalized spacial score (nSPS) is 13.0. The second-order valence-corrected chi connectivity index (χ2v) is 11.4. The van der Waals surface area contributed by atoms with Gasteiger partial charge in [0.1, 0.15) is 6.61 Å². The van der Waals surface area contributed by atoms with Crippen LogP contribution in [0.1, 0.15) is 36.3 Å². The lowest BCUT2D eigenvalue weighted by Gasteiger charge is -2.38. The summed E-state index contributed by atoms with van der Waals surface area (Å²) in [6, 6.07) is 25.7. The number of nitrogens with two attached hydrogens (primary N) is 1. The first-order chi connectivity index (χ1) is 23.1. The number of halogens is 3. The molecule has 1 saturated carbocycles. The van der Waals surface area contributed by atoms with Crippen molar-refractivity contribution in [1.82, 2.24) is 10.3 Å². The molecule has 0 spiro atoms. The van der Waals surface area contributed by atoms with Crippen LogP contribution >= 0.6 is 0 Å². The minimum atomic E-state index is -4.49. The average molecular weight is 656 g/mol. The predicted octanol–water partition coefficient (Wildman–Crippen LogP) is 8.63. The molecule has 4 N–H and O–H groups in total. The van der Waals surface area contributed by atoms with Crippen LogP contribution in [0.25, 0.3) is 22.5 Å². The van der Waals surface area contributed by atoms with E-state index in [-0.39, 0.29) is 25.1 Å². The standard InChI is InChI=1S/C36H32F3N5O4/c37-36(38,39)27-11-4-9-24(17-27)25-15-16-30(40)31(19-25)44(29-13-6-14-29)34(45)43-28-12-5-10-26(18-28)32-20-41-33(48-32)21-42-35(46)47-22-23-7-2-1-3-8-23/h1-5,7-12,15-20,29H,6,13-14,21-22,40H2,(H,42,46)(H,43,45). The number of benzene rings is 4. The van der Waals surface area contributed by atoms with Crippen LogP contribution in [0.15, 0.2) is 108 Å². The molecule has 0 aliphatic heterocycles. The Balaban J connectivity index is 1.14. The molecular formula is C36H32F3N5O4. The van der Waals surface area contributed by atoms with Crippen molar-refractivity contribution < 1.29 is 31.9 Å². The van der Waals surface area contributed by atoms with Crippen molar-refractivity contribution >= 4 is 29.2 Å². The van der Waals surface area contributed by atoms with E-state index in [0.717, 1.165) is 37.0 Å². The van der Waals surface area contributed by atoms with Gasteiger partial charge in [-0.15, -0.1) is 0 Å². The molecule has 1 aliphatic rings. The number of amides is 3. The van der Waals surface area contributed by atoms with Crippen molar-refractivity contribution in [3.63, 3.8) is 0 Å². The predicted molar refractivity (Wildman–Crippen MR) is 176 cm³/mol. The van der Waals surface area contributed by atoms with Crippen molar-refractivity contribution in [2.24, 2.45) is 0 Å². The summed E-state index contributed by atoms with van der Waals surface area (Å²) < 4.78 is 51.2. The van der Waals surface area contributed by atoms with Gasteiger partial charge < -0.3 is 25.5 Å². The fourth-order valence-corrected chi connectivity index (χ4v) is 5.31. The van der Waals surface area contributed by atoms with E-state index in [4.69, 9.17) is 14.9 Å². The quantitative estimate of drug-likeness (QED) is 0.137. The van der Waals surface area contributed by atoms with Gasteiger partial charge in [-0.05, 0) is 72.4 Å². The van der Waals surface area contributed by atoms with Crippen LogP contribution in [-0.4, -0.2) is 23.2 Å². The summed E-state index contributed by atoms with van der Waals surface area (Å²) in [6.45, 7) is 0.148. The minimum absolute atomic E-state index is 0.0153. The van der Waals surface area contributed by atoms with E-state index in [1.165, 1.54) is 12.3 Å². The van der Waals surface area contributed by atoms with Crippen molar-refractivity contribution in [3.05, 3.63) is 120 Å². The highest BCUT2D eigenvalue weighted by molar-refractivity contribution is 6.05. The minimum Gasteiger partial charge on any atom is -0.445 e. The van der Waals surface area contributed by atoms with Crippen molar-refractivity contribution in [2.75, 3.05) is 16.0 Å². The SMILES string of the molecule is Nc1ccc(-c2cccc(C(F)(F)F)c2)cc1N(C(=O)Nc1cccc(-c2cnc(CNC(=O)OCc3ccccc3)o2)c1)C1CCC1. The Morgan fingerprint density at radius 1 is 0.917 bits per heavy atom. The number of nitrogen functional groups attached to an aromatic ring is 1. The smallest absolute Gasteiger partial charge is 0.416 e. The maximum atomic E-state index is 13.8. The van der Waals surface area contributed by atoms with Crippen molar-refractivity contribution in [3.8, 4) is 22.5 Å². The largest absolute Gasteiger partial charge is 0.445 e. The first-order valence-electron chi connectivity index (χ1n) is 15.3. The molecule has 0 bridgehead atoms. The Morgan fingerprint density at radius 3 is 2.42 bits per heavy atom. The van der Waals surface area contributed by atoms with Crippen LogP contribution in [0.3, 0.4) is 0 Å². The van der Waals surface area contributed by atoms with E-state index in [2.05, 4.69) is 15.6 Å². The molecule has 3 amide bonds. The molecule has 1 fully saturated rings. The number of alkyl halides is 3. The summed E-state index contributed by atoms with van der Waals surface area (Å²) in [6.07, 6.45) is -1.12. The average Bonchev–Trinajstić information content (AvgIpc) is 3.54. The molecular weight excluding hydrogens is 623 g/mol. The summed E-state index contributed by atoms with van der Waals surface area (Å²) >= 11 is 0. The van der Waals surface area contributed by atoms with Crippen LogP contribution in [0.5, 0.6) is 0 Å². The fraction of sp³-hybridized carbons (Fsp3) is 0.194.